The molecule has 1 rings (SSSR count). The Bertz CT molecular complexity index is 370. The quantitative estimate of drug-likeness (QED) is 0.547. The van der Waals surface area contributed by atoms with E-state index >= 15 is 0 Å². The van der Waals surface area contributed by atoms with Gasteiger partial charge in [0.1, 0.15) is 5.82 Å². The number of hydrogen-bond acceptors (Lipinski definition) is 5. The molecule has 1 aromatic rings. The summed E-state index contributed by atoms with van der Waals surface area (Å²) in [4.78, 5) is 6.13. The number of pyridine rings is 1. The number of nitrogens with zero attached hydrogens (tertiary/aromatic N) is 2. The van der Waals surface area contributed by atoms with E-state index in [0.29, 0.717) is 28.2 Å². The molecule has 0 spiro atoms. The maximum Gasteiger partial charge on any atom is 0.161 e. The topological polar surface area (TPSA) is 74.4 Å². The van der Waals surface area contributed by atoms with Crippen LogP contribution in [0.25, 0.3) is 0 Å². The average Bonchev–Trinajstić information content (AvgIpc) is 2.29. The first-order valence-electron chi connectivity index (χ1n) is 5.32. The van der Waals surface area contributed by atoms with Crippen LogP contribution in [0.5, 0.6) is 0 Å². The van der Waals surface area contributed by atoms with Gasteiger partial charge in [-0.15, -0.1) is 0 Å². The van der Waals surface area contributed by atoms with Gasteiger partial charge in [0.15, 0.2) is 5.82 Å². The standard InChI is InChI=1S/C10H16Cl2N4O/c1-2-3-16(4-5-17)10-8(12)6-7(11)9(14-10)15-13/h6,17H,2-5,13H2,1H3,(H,14,15). The maximum atomic E-state index is 9.02. The summed E-state index contributed by atoms with van der Waals surface area (Å²) in [5.41, 5.74) is 2.41. The van der Waals surface area contributed by atoms with E-state index in [1.807, 2.05) is 11.8 Å². The van der Waals surface area contributed by atoms with Crippen molar-refractivity contribution in [2.24, 2.45) is 5.84 Å². The Morgan fingerprint density at radius 3 is 2.65 bits per heavy atom. The van der Waals surface area contributed by atoms with E-state index in [9.17, 15) is 0 Å². The molecular weight excluding hydrogens is 263 g/mol. The first-order chi connectivity index (χ1) is 8.13. The third-order valence-electron chi connectivity index (χ3n) is 2.21. The lowest BCUT2D eigenvalue weighted by atomic mass is 10.3. The fourth-order valence-corrected chi connectivity index (χ4v) is 2.03. The molecule has 0 bridgehead atoms. The lowest BCUT2D eigenvalue weighted by Gasteiger charge is -2.23. The molecule has 5 nitrogen and oxygen atoms in total. The molecule has 0 aliphatic carbocycles. The van der Waals surface area contributed by atoms with Crippen molar-refractivity contribution in [3.63, 3.8) is 0 Å². The van der Waals surface area contributed by atoms with Crippen LogP contribution in [0, 0.1) is 0 Å². The monoisotopic (exact) mass is 278 g/mol. The van der Waals surface area contributed by atoms with E-state index < -0.39 is 0 Å². The zero-order valence-electron chi connectivity index (χ0n) is 9.58. The van der Waals surface area contributed by atoms with Crippen LogP contribution in [0.4, 0.5) is 11.6 Å². The highest BCUT2D eigenvalue weighted by atomic mass is 35.5. The molecule has 0 atom stereocenters. The smallest absolute Gasteiger partial charge is 0.161 e. The fourth-order valence-electron chi connectivity index (χ4n) is 1.49. The van der Waals surface area contributed by atoms with Gasteiger partial charge in [-0.3, -0.25) is 0 Å². The van der Waals surface area contributed by atoms with Gasteiger partial charge in [0.25, 0.3) is 0 Å². The molecule has 17 heavy (non-hydrogen) atoms. The van der Waals surface area contributed by atoms with Crippen molar-refractivity contribution in [1.82, 2.24) is 4.98 Å². The number of hydrazine groups is 1. The molecule has 1 aromatic heterocycles. The van der Waals surface area contributed by atoms with Crippen LogP contribution in [-0.4, -0.2) is 29.8 Å². The molecule has 0 saturated carbocycles. The minimum absolute atomic E-state index is 0.0338. The van der Waals surface area contributed by atoms with Gasteiger partial charge in [0.05, 0.1) is 16.7 Å². The Morgan fingerprint density at radius 1 is 1.41 bits per heavy atom. The van der Waals surface area contributed by atoms with Crippen molar-refractivity contribution in [2.75, 3.05) is 30.0 Å². The Labute approximate surface area is 110 Å². The van der Waals surface area contributed by atoms with Crippen LogP contribution < -0.4 is 16.2 Å². The number of hydrogen-bond donors (Lipinski definition) is 3. The molecule has 0 aliphatic heterocycles. The van der Waals surface area contributed by atoms with Gasteiger partial charge >= 0.3 is 0 Å². The second kappa shape index (κ2) is 6.86. The normalized spacial score (nSPS) is 10.4. The fraction of sp³-hybridized carbons (Fsp3) is 0.500. The first kappa shape index (κ1) is 14.3. The van der Waals surface area contributed by atoms with Crippen LogP contribution in [-0.2, 0) is 0 Å². The largest absolute Gasteiger partial charge is 0.395 e. The highest BCUT2D eigenvalue weighted by Crippen LogP contribution is 2.31. The van der Waals surface area contributed by atoms with Gasteiger partial charge in [-0.1, -0.05) is 30.1 Å². The Kier molecular flexibility index (Phi) is 5.77. The summed E-state index contributed by atoms with van der Waals surface area (Å²) in [6.07, 6.45) is 0.923. The first-order valence-corrected chi connectivity index (χ1v) is 6.08. The minimum atomic E-state index is 0.0338. The lowest BCUT2D eigenvalue weighted by Crippen LogP contribution is -2.29. The molecule has 0 amide bonds. The second-order valence-electron chi connectivity index (χ2n) is 3.48. The number of aliphatic hydroxyl groups is 1. The van der Waals surface area contributed by atoms with Crippen LogP contribution in [0.1, 0.15) is 13.3 Å². The summed E-state index contributed by atoms with van der Waals surface area (Å²) < 4.78 is 0. The van der Waals surface area contributed by atoms with E-state index in [0.717, 1.165) is 13.0 Å². The van der Waals surface area contributed by atoms with Gasteiger partial charge in [-0.2, -0.15) is 0 Å². The van der Waals surface area contributed by atoms with E-state index in [1.54, 1.807) is 6.07 Å². The predicted molar refractivity (Wildman–Crippen MR) is 71.7 cm³/mol. The van der Waals surface area contributed by atoms with Crippen LogP contribution >= 0.6 is 23.2 Å². The Hall–Kier alpha value is -0.750. The van der Waals surface area contributed by atoms with Crippen molar-refractivity contribution in [3.8, 4) is 0 Å². The number of rotatable bonds is 6. The molecule has 0 aromatic carbocycles. The number of halogens is 2. The van der Waals surface area contributed by atoms with Crippen molar-refractivity contribution in [2.45, 2.75) is 13.3 Å². The summed E-state index contributed by atoms with van der Waals surface area (Å²) in [5.74, 6) is 6.24. The third-order valence-corrected chi connectivity index (χ3v) is 2.78. The number of nitrogen functional groups attached to an aromatic ring is 1. The van der Waals surface area contributed by atoms with Crippen molar-refractivity contribution in [3.05, 3.63) is 16.1 Å². The van der Waals surface area contributed by atoms with Gasteiger partial charge in [0.2, 0.25) is 0 Å². The highest BCUT2D eigenvalue weighted by molar-refractivity contribution is 6.37. The summed E-state index contributed by atoms with van der Waals surface area (Å²) in [6.45, 7) is 3.29. The molecule has 0 aliphatic rings. The summed E-state index contributed by atoms with van der Waals surface area (Å²) in [5, 5.41) is 9.82. The third kappa shape index (κ3) is 3.61. The number of nitrogens with two attached hydrogens (primary N) is 1. The van der Waals surface area contributed by atoms with Crippen LogP contribution in [0.15, 0.2) is 6.07 Å². The Balaban J connectivity index is 3.08. The lowest BCUT2D eigenvalue weighted by molar-refractivity contribution is 0.301. The SMILES string of the molecule is CCCN(CCO)c1nc(NN)c(Cl)cc1Cl. The minimum Gasteiger partial charge on any atom is -0.395 e. The van der Waals surface area contributed by atoms with Gasteiger partial charge in [0, 0.05) is 13.1 Å². The summed E-state index contributed by atoms with van der Waals surface area (Å²) in [6, 6.07) is 1.58. The predicted octanol–water partition coefficient (Wildman–Crippen LogP) is 1.88. The van der Waals surface area contributed by atoms with Crippen molar-refractivity contribution >= 4 is 34.8 Å². The highest BCUT2D eigenvalue weighted by Gasteiger charge is 2.14. The summed E-state index contributed by atoms with van der Waals surface area (Å²) in [7, 11) is 0. The maximum absolute atomic E-state index is 9.02. The van der Waals surface area contributed by atoms with Gasteiger partial charge in [-0.25, -0.2) is 10.8 Å². The molecule has 0 saturated heterocycles. The second-order valence-corrected chi connectivity index (χ2v) is 4.29. The average molecular weight is 279 g/mol. The zero-order chi connectivity index (χ0) is 12.8. The number of anilines is 2. The zero-order valence-corrected chi connectivity index (χ0v) is 11.1. The molecule has 4 N–H and O–H groups in total. The van der Waals surface area contributed by atoms with Gasteiger partial charge in [-0.05, 0) is 12.5 Å². The van der Waals surface area contributed by atoms with Crippen LogP contribution in [0.2, 0.25) is 10.0 Å². The molecule has 0 unspecified atom stereocenters. The molecule has 96 valence electrons. The summed E-state index contributed by atoms with van der Waals surface area (Å²) >= 11 is 12.0. The number of aromatic nitrogens is 1. The molecular formula is C10H16Cl2N4O. The number of nitrogens with one attached hydrogen (secondary N) is 1. The molecule has 0 radical (unpaired) electrons. The van der Waals surface area contributed by atoms with Crippen molar-refractivity contribution in [1.29, 1.82) is 0 Å². The van der Waals surface area contributed by atoms with E-state index in [1.165, 1.54) is 0 Å². The van der Waals surface area contributed by atoms with Crippen LogP contribution in [0.3, 0.4) is 0 Å². The van der Waals surface area contributed by atoms with E-state index in [-0.39, 0.29) is 6.61 Å². The molecule has 1 heterocycles. The molecule has 7 heteroatoms. The van der Waals surface area contributed by atoms with Crippen molar-refractivity contribution < 1.29 is 5.11 Å². The van der Waals surface area contributed by atoms with E-state index in [4.69, 9.17) is 34.2 Å². The number of aliphatic hydroxyl groups excluding tert-OH is 1. The van der Waals surface area contributed by atoms with Gasteiger partial charge < -0.3 is 15.4 Å². The Morgan fingerprint density at radius 2 is 2.12 bits per heavy atom. The van der Waals surface area contributed by atoms with E-state index in [2.05, 4.69) is 10.4 Å². The molecule has 0 fully saturated rings.